The Bertz CT molecular complexity index is 357. The summed E-state index contributed by atoms with van der Waals surface area (Å²) in [5.41, 5.74) is 0.163. The second-order valence-corrected chi connectivity index (χ2v) is 7.30. The van der Waals surface area contributed by atoms with Gasteiger partial charge in [-0.05, 0) is 44.7 Å². The lowest BCUT2D eigenvalue weighted by Gasteiger charge is -2.40. The Morgan fingerprint density at radius 3 is 2.68 bits per heavy atom. The van der Waals surface area contributed by atoms with Gasteiger partial charge >= 0.3 is 0 Å². The van der Waals surface area contributed by atoms with E-state index < -0.39 is 0 Å². The number of nitrogens with zero attached hydrogens (tertiary/aromatic N) is 1. The van der Waals surface area contributed by atoms with Crippen molar-refractivity contribution in [3.05, 3.63) is 22.4 Å². The predicted molar refractivity (Wildman–Crippen MR) is 82.7 cm³/mol. The number of rotatable bonds is 6. The molecule has 1 aliphatic rings. The molecule has 0 amide bonds. The lowest BCUT2D eigenvalue weighted by Crippen LogP contribution is -2.43. The molecule has 1 heterocycles. The van der Waals surface area contributed by atoms with Crippen molar-refractivity contribution in [2.75, 3.05) is 20.2 Å². The van der Waals surface area contributed by atoms with Gasteiger partial charge in [-0.25, -0.2) is 0 Å². The zero-order chi connectivity index (χ0) is 13.7. The van der Waals surface area contributed by atoms with Crippen LogP contribution in [0.2, 0.25) is 0 Å². The molecule has 1 atom stereocenters. The van der Waals surface area contributed by atoms with Crippen molar-refractivity contribution in [3.63, 3.8) is 0 Å². The second kappa shape index (κ2) is 6.87. The van der Waals surface area contributed by atoms with Crippen LogP contribution < -0.4 is 0 Å². The minimum absolute atomic E-state index is 0.163. The SMILES string of the molecule is CC(Cc1cccs1)N(C)CC1(CO)CCCCC1. The molecule has 108 valence electrons. The van der Waals surface area contributed by atoms with E-state index in [1.807, 2.05) is 11.3 Å². The van der Waals surface area contributed by atoms with E-state index in [0.29, 0.717) is 12.6 Å². The van der Waals surface area contributed by atoms with E-state index in [4.69, 9.17) is 0 Å². The molecule has 1 N–H and O–H groups in total. The molecule has 0 bridgehead atoms. The molecule has 2 rings (SSSR count). The van der Waals surface area contributed by atoms with Crippen LogP contribution in [-0.4, -0.2) is 36.2 Å². The van der Waals surface area contributed by atoms with E-state index in [9.17, 15) is 5.11 Å². The summed E-state index contributed by atoms with van der Waals surface area (Å²) >= 11 is 1.84. The van der Waals surface area contributed by atoms with Gasteiger partial charge in [0.1, 0.15) is 0 Å². The largest absolute Gasteiger partial charge is 0.396 e. The number of hydrogen-bond donors (Lipinski definition) is 1. The van der Waals surface area contributed by atoms with E-state index in [0.717, 1.165) is 13.0 Å². The summed E-state index contributed by atoms with van der Waals surface area (Å²) in [4.78, 5) is 3.90. The average molecular weight is 281 g/mol. The number of aliphatic hydroxyl groups excluding tert-OH is 1. The van der Waals surface area contributed by atoms with Crippen LogP contribution in [0.1, 0.15) is 43.9 Å². The molecular weight excluding hydrogens is 254 g/mol. The highest BCUT2D eigenvalue weighted by atomic mass is 32.1. The van der Waals surface area contributed by atoms with Gasteiger partial charge in [-0.2, -0.15) is 0 Å². The van der Waals surface area contributed by atoms with Gasteiger partial charge < -0.3 is 10.0 Å². The Balaban J connectivity index is 1.89. The van der Waals surface area contributed by atoms with E-state index in [1.165, 1.54) is 37.0 Å². The number of hydrogen-bond acceptors (Lipinski definition) is 3. The van der Waals surface area contributed by atoms with Crippen LogP contribution in [0.4, 0.5) is 0 Å². The third-order valence-corrected chi connectivity index (χ3v) is 5.56. The lowest BCUT2D eigenvalue weighted by atomic mass is 9.74. The second-order valence-electron chi connectivity index (χ2n) is 6.27. The molecule has 1 aromatic heterocycles. The Morgan fingerprint density at radius 1 is 1.37 bits per heavy atom. The van der Waals surface area contributed by atoms with Crippen molar-refractivity contribution in [3.8, 4) is 0 Å². The summed E-state index contributed by atoms with van der Waals surface area (Å²) in [6.45, 7) is 3.69. The van der Waals surface area contributed by atoms with Crippen LogP contribution >= 0.6 is 11.3 Å². The van der Waals surface area contributed by atoms with E-state index in [2.05, 4.69) is 36.4 Å². The molecule has 0 spiro atoms. The van der Waals surface area contributed by atoms with Gasteiger partial charge in [0.2, 0.25) is 0 Å². The van der Waals surface area contributed by atoms with E-state index in [-0.39, 0.29) is 5.41 Å². The first-order valence-corrected chi connectivity index (χ1v) is 8.37. The minimum Gasteiger partial charge on any atom is -0.396 e. The van der Waals surface area contributed by atoms with Crippen molar-refractivity contribution in [2.24, 2.45) is 5.41 Å². The monoisotopic (exact) mass is 281 g/mol. The van der Waals surface area contributed by atoms with Gasteiger partial charge in [-0.15, -0.1) is 11.3 Å². The van der Waals surface area contributed by atoms with Gasteiger partial charge in [0.15, 0.2) is 0 Å². The summed E-state index contributed by atoms with van der Waals surface area (Å²) in [5, 5.41) is 12.0. The fourth-order valence-corrected chi connectivity index (χ4v) is 4.06. The standard InChI is InChI=1S/C16H27NOS/c1-14(11-15-7-6-10-19-15)17(2)12-16(13-18)8-4-3-5-9-16/h6-7,10,14,18H,3-5,8-9,11-13H2,1-2H3. The molecule has 19 heavy (non-hydrogen) atoms. The van der Waals surface area contributed by atoms with Gasteiger partial charge in [-0.1, -0.05) is 25.3 Å². The van der Waals surface area contributed by atoms with Crippen molar-refractivity contribution in [1.29, 1.82) is 0 Å². The highest BCUT2D eigenvalue weighted by molar-refractivity contribution is 7.09. The van der Waals surface area contributed by atoms with E-state index >= 15 is 0 Å². The highest BCUT2D eigenvalue weighted by Gasteiger charge is 2.33. The van der Waals surface area contributed by atoms with Crippen LogP contribution in [0.25, 0.3) is 0 Å². The summed E-state index contributed by atoms with van der Waals surface area (Å²) in [6.07, 6.45) is 7.42. The number of likely N-dealkylation sites (N-methyl/N-ethyl adjacent to an activating group) is 1. The molecule has 0 radical (unpaired) electrons. The molecule has 1 aromatic rings. The fourth-order valence-electron chi connectivity index (χ4n) is 3.23. The molecule has 3 heteroatoms. The molecule has 1 fully saturated rings. The van der Waals surface area contributed by atoms with Crippen LogP contribution in [-0.2, 0) is 6.42 Å². The Morgan fingerprint density at radius 2 is 2.11 bits per heavy atom. The molecule has 0 saturated heterocycles. The summed E-state index contributed by atoms with van der Waals surface area (Å²) < 4.78 is 0. The first-order valence-electron chi connectivity index (χ1n) is 7.49. The zero-order valence-electron chi connectivity index (χ0n) is 12.3. The maximum Gasteiger partial charge on any atom is 0.0499 e. The number of thiophene rings is 1. The average Bonchev–Trinajstić information content (AvgIpc) is 2.92. The molecular formula is C16H27NOS. The summed E-state index contributed by atoms with van der Waals surface area (Å²) in [5.74, 6) is 0. The maximum atomic E-state index is 9.80. The third kappa shape index (κ3) is 4.04. The number of aliphatic hydroxyl groups is 1. The molecule has 0 aliphatic heterocycles. The molecule has 0 aromatic carbocycles. The van der Waals surface area contributed by atoms with Crippen molar-refractivity contribution in [1.82, 2.24) is 4.90 Å². The Kier molecular flexibility index (Phi) is 5.43. The smallest absolute Gasteiger partial charge is 0.0499 e. The first-order chi connectivity index (χ1) is 9.15. The Labute approximate surface area is 121 Å². The van der Waals surface area contributed by atoms with Crippen molar-refractivity contribution < 1.29 is 5.11 Å². The summed E-state index contributed by atoms with van der Waals surface area (Å²) in [6, 6.07) is 4.89. The van der Waals surface area contributed by atoms with Crippen molar-refractivity contribution in [2.45, 2.75) is 51.5 Å². The molecule has 1 saturated carbocycles. The molecule has 1 unspecified atom stereocenters. The third-order valence-electron chi connectivity index (χ3n) is 4.66. The van der Waals surface area contributed by atoms with Gasteiger partial charge in [0.25, 0.3) is 0 Å². The van der Waals surface area contributed by atoms with Crippen LogP contribution in [0, 0.1) is 5.41 Å². The zero-order valence-corrected chi connectivity index (χ0v) is 13.1. The normalized spacial score (nSPS) is 20.6. The van der Waals surface area contributed by atoms with Gasteiger partial charge in [-0.3, -0.25) is 0 Å². The fraction of sp³-hybridized carbons (Fsp3) is 0.750. The quantitative estimate of drug-likeness (QED) is 0.862. The minimum atomic E-state index is 0.163. The lowest BCUT2D eigenvalue weighted by molar-refractivity contribution is 0.0379. The summed E-state index contributed by atoms with van der Waals surface area (Å²) in [7, 11) is 2.21. The van der Waals surface area contributed by atoms with E-state index in [1.54, 1.807) is 0 Å². The van der Waals surface area contributed by atoms with Crippen LogP contribution in [0.15, 0.2) is 17.5 Å². The first kappa shape index (κ1) is 15.0. The highest BCUT2D eigenvalue weighted by Crippen LogP contribution is 2.36. The predicted octanol–water partition coefficient (Wildman–Crippen LogP) is 3.55. The topological polar surface area (TPSA) is 23.5 Å². The van der Waals surface area contributed by atoms with Gasteiger partial charge in [0.05, 0.1) is 0 Å². The van der Waals surface area contributed by atoms with Crippen LogP contribution in [0.3, 0.4) is 0 Å². The Hall–Kier alpha value is -0.380. The molecule has 1 aliphatic carbocycles. The van der Waals surface area contributed by atoms with Gasteiger partial charge in [0, 0.05) is 29.5 Å². The molecule has 2 nitrogen and oxygen atoms in total. The van der Waals surface area contributed by atoms with Crippen molar-refractivity contribution >= 4 is 11.3 Å². The maximum absolute atomic E-state index is 9.80. The van der Waals surface area contributed by atoms with Crippen LogP contribution in [0.5, 0.6) is 0 Å².